The molecule has 2 heterocycles. The first kappa shape index (κ1) is 13.8. The summed E-state index contributed by atoms with van der Waals surface area (Å²) in [6, 6.07) is 10.3. The van der Waals surface area contributed by atoms with Crippen molar-refractivity contribution in [2.24, 2.45) is 0 Å². The van der Waals surface area contributed by atoms with Gasteiger partial charge in [0.1, 0.15) is 0 Å². The van der Waals surface area contributed by atoms with Crippen molar-refractivity contribution in [2.75, 3.05) is 11.9 Å². The van der Waals surface area contributed by atoms with Crippen LogP contribution in [-0.2, 0) is 13.0 Å². The van der Waals surface area contributed by atoms with E-state index in [0.717, 1.165) is 23.2 Å². The highest BCUT2D eigenvalue weighted by atomic mass is 16.1. The first-order valence-corrected chi connectivity index (χ1v) is 7.24. The van der Waals surface area contributed by atoms with Gasteiger partial charge in [0.15, 0.2) is 5.78 Å². The van der Waals surface area contributed by atoms with Crippen molar-refractivity contribution in [3.05, 3.63) is 59.4 Å². The monoisotopic (exact) mass is 281 g/mol. The highest BCUT2D eigenvalue weighted by Gasteiger charge is 2.18. The van der Waals surface area contributed by atoms with Crippen LogP contribution in [0.5, 0.6) is 0 Å². The van der Waals surface area contributed by atoms with Gasteiger partial charge in [-0.15, -0.1) is 0 Å². The predicted molar refractivity (Wildman–Crippen MR) is 83.5 cm³/mol. The van der Waals surface area contributed by atoms with E-state index in [1.807, 2.05) is 30.3 Å². The van der Waals surface area contributed by atoms with Gasteiger partial charge in [0.25, 0.3) is 0 Å². The minimum atomic E-state index is 0.126. The molecule has 3 rings (SSSR count). The van der Waals surface area contributed by atoms with E-state index in [1.54, 1.807) is 12.4 Å². The molecule has 0 aliphatic carbocycles. The third-order valence-corrected chi connectivity index (χ3v) is 3.69. The van der Waals surface area contributed by atoms with Crippen molar-refractivity contribution in [3.8, 4) is 0 Å². The summed E-state index contributed by atoms with van der Waals surface area (Å²) in [5, 5.41) is 6.57. The van der Waals surface area contributed by atoms with Gasteiger partial charge < -0.3 is 10.6 Å². The van der Waals surface area contributed by atoms with Crippen molar-refractivity contribution in [2.45, 2.75) is 25.9 Å². The Bertz CT molecular complexity index is 640. The Morgan fingerprint density at radius 1 is 1.43 bits per heavy atom. The van der Waals surface area contributed by atoms with Gasteiger partial charge in [-0.1, -0.05) is 6.07 Å². The molecule has 0 saturated heterocycles. The molecule has 0 saturated carbocycles. The summed E-state index contributed by atoms with van der Waals surface area (Å²) in [7, 11) is 0. The van der Waals surface area contributed by atoms with Crippen molar-refractivity contribution in [3.63, 3.8) is 0 Å². The first-order valence-electron chi connectivity index (χ1n) is 7.24. The zero-order valence-corrected chi connectivity index (χ0v) is 12.1. The number of ketones is 1. The van der Waals surface area contributed by atoms with Gasteiger partial charge >= 0.3 is 0 Å². The topological polar surface area (TPSA) is 54.0 Å². The number of fused-ring (bicyclic) bond motifs is 1. The molecular formula is C17H19N3O. The molecule has 4 nitrogen and oxygen atoms in total. The molecule has 1 aromatic carbocycles. The van der Waals surface area contributed by atoms with Crippen LogP contribution in [-0.4, -0.2) is 23.4 Å². The summed E-state index contributed by atoms with van der Waals surface area (Å²) in [6.45, 7) is 3.15. The summed E-state index contributed by atoms with van der Waals surface area (Å²) >= 11 is 0. The van der Waals surface area contributed by atoms with Gasteiger partial charge in [-0.3, -0.25) is 9.78 Å². The molecule has 1 aliphatic rings. The molecule has 2 N–H and O–H groups in total. The van der Waals surface area contributed by atoms with E-state index < -0.39 is 0 Å². The summed E-state index contributed by atoms with van der Waals surface area (Å²) in [4.78, 5) is 16.3. The van der Waals surface area contributed by atoms with Gasteiger partial charge in [-0.25, -0.2) is 0 Å². The Labute approximate surface area is 124 Å². The quantitative estimate of drug-likeness (QED) is 0.826. The zero-order valence-electron chi connectivity index (χ0n) is 12.1. The minimum absolute atomic E-state index is 0.126. The van der Waals surface area contributed by atoms with Gasteiger partial charge in [0.2, 0.25) is 0 Å². The summed E-state index contributed by atoms with van der Waals surface area (Å²) in [5.41, 5.74) is 4.25. The predicted octanol–water partition coefficient (Wildman–Crippen LogP) is 2.41. The minimum Gasteiger partial charge on any atom is -0.382 e. The standard InChI is InChI=1S/C17H19N3O/c1-12-7-15-8-14(4-5-16(15)20-12)17(21)11-19-10-13-3-2-6-18-9-13/h2-6,8-9,12,19-20H,7,10-11H2,1H3. The number of pyridine rings is 1. The molecule has 0 amide bonds. The van der Waals surface area contributed by atoms with Crippen LogP contribution in [0.15, 0.2) is 42.7 Å². The molecule has 1 atom stereocenters. The first-order chi connectivity index (χ1) is 10.2. The number of hydrogen-bond acceptors (Lipinski definition) is 4. The number of carbonyl (C=O) groups is 1. The third kappa shape index (κ3) is 3.28. The van der Waals surface area contributed by atoms with Crippen LogP contribution in [0.4, 0.5) is 5.69 Å². The van der Waals surface area contributed by atoms with E-state index >= 15 is 0 Å². The average molecular weight is 281 g/mol. The lowest BCUT2D eigenvalue weighted by molar-refractivity contribution is 0.0990. The Kier molecular flexibility index (Phi) is 3.97. The number of benzene rings is 1. The zero-order chi connectivity index (χ0) is 14.7. The van der Waals surface area contributed by atoms with E-state index in [2.05, 4.69) is 22.5 Å². The molecular weight excluding hydrogens is 262 g/mol. The molecule has 108 valence electrons. The van der Waals surface area contributed by atoms with Crippen molar-refractivity contribution >= 4 is 11.5 Å². The molecule has 1 unspecified atom stereocenters. The van der Waals surface area contributed by atoms with Crippen molar-refractivity contribution in [1.82, 2.24) is 10.3 Å². The molecule has 0 radical (unpaired) electrons. The number of anilines is 1. The Morgan fingerprint density at radius 2 is 2.33 bits per heavy atom. The van der Waals surface area contributed by atoms with E-state index in [4.69, 9.17) is 0 Å². The van der Waals surface area contributed by atoms with Gasteiger partial charge in [0.05, 0.1) is 6.54 Å². The second kappa shape index (κ2) is 6.06. The molecule has 21 heavy (non-hydrogen) atoms. The van der Waals surface area contributed by atoms with Crippen molar-refractivity contribution in [1.29, 1.82) is 0 Å². The largest absolute Gasteiger partial charge is 0.382 e. The average Bonchev–Trinajstić information content (AvgIpc) is 2.87. The Balaban J connectivity index is 1.58. The maximum absolute atomic E-state index is 12.2. The van der Waals surface area contributed by atoms with E-state index in [9.17, 15) is 4.79 Å². The lowest BCUT2D eigenvalue weighted by Crippen LogP contribution is -2.22. The second-order valence-corrected chi connectivity index (χ2v) is 5.51. The van der Waals surface area contributed by atoms with Crippen molar-refractivity contribution < 1.29 is 4.79 Å². The van der Waals surface area contributed by atoms with Gasteiger partial charge in [-0.2, -0.15) is 0 Å². The highest BCUT2D eigenvalue weighted by molar-refractivity contribution is 5.98. The molecule has 2 aromatic rings. The van der Waals surface area contributed by atoms with Gasteiger partial charge in [-0.05, 0) is 48.7 Å². The van der Waals surface area contributed by atoms with E-state index in [-0.39, 0.29) is 5.78 Å². The van der Waals surface area contributed by atoms with Gasteiger partial charge in [0, 0.05) is 36.2 Å². The Hall–Kier alpha value is -2.20. The molecule has 0 fully saturated rings. The summed E-state index contributed by atoms with van der Waals surface area (Å²) < 4.78 is 0. The molecule has 0 bridgehead atoms. The fourth-order valence-electron chi connectivity index (χ4n) is 2.65. The molecule has 0 spiro atoms. The summed E-state index contributed by atoms with van der Waals surface area (Å²) in [5.74, 6) is 0.126. The Morgan fingerprint density at radius 3 is 3.14 bits per heavy atom. The summed E-state index contributed by atoms with van der Waals surface area (Å²) in [6.07, 6.45) is 4.54. The van der Waals surface area contributed by atoms with Crippen LogP contribution in [0.3, 0.4) is 0 Å². The van der Waals surface area contributed by atoms with Crippen LogP contribution in [0.1, 0.15) is 28.4 Å². The number of rotatable bonds is 5. The number of hydrogen-bond donors (Lipinski definition) is 2. The van der Waals surface area contributed by atoms with Crippen LogP contribution >= 0.6 is 0 Å². The number of Topliss-reactive ketones (excluding diaryl/α,β-unsaturated/α-hetero) is 1. The fourth-order valence-corrected chi connectivity index (χ4v) is 2.65. The lowest BCUT2D eigenvalue weighted by Gasteiger charge is -2.06. The normalized spacial score (nSPS) is 16.3. The molecule has 1 aliphatic heterocycles. The maximum atomic E-state index is 12.2. The fraction of sp³-hybridized carbons (Fsp3) is 0.294. The number of nitrogens with one attached hydrogen (secondary N) is 2. The van der Waals surface area contributed by atoms with E-state index in [1.165, 1.54) is 5.56 Å². The van der Waals surface area contributed by atoms with Crippen LogP contribution in [0, 0.1) is 0 Å². The second-order valence-electron chi connectivity index (χ2n) is 5.51. The van der Waals surface area contributed by atoms with E-state index in [0.29, 0.717) is 19.1 Å². The number of aromatic nitrogens is 1. The SMILES string of the molecule is CC1Cc2cc(C(=O)CNCc3cccnc3)ccc2N1. The number of carbonyl (C=O) groups excluding carboxylic acids is 1. The maximum Gasteiger partial charge on any atom is 0.176 e. The molecule has 1 aromatic heterocycles. The highest BCUT2D eigenvalue weighted by Crippen LogP contribution is 2.26. The van der Waals surface area contributed by atoms with Crippen LogP contribution in [0.2, 0.25) is 0 Å². The van der Waals surface area contributed by atoms with Crippen LogP contribution < -0.4 is 10.6 Å². The smallest absolute Gasteiger partial charge is 0.176 e. The lowest BCUT2D eigenvalue weighted by atomic mass is 10.0. The number of nitrogens with zero attached hydrogens (tertiary/aromatic N) is 1. The molecule has 4 heteroatoms. The third-order valence-electron chi connectivity index (χ3n) is 3.69. The van der Waals surface area contributed by atoms with Crippen LogP contribution in [0.25, 0.3) is 0 Å².